The number of allylic oxidation sites excluding steroid dienone is 3. The maximum absolute atomic E-state index is 11.7. The molecule has 7 nitrogen and oxygen atoms in total. The van der Waals surface area contributed by atoms with Crippen LogP contribution in [0.4, 0.5) is 0 Å². The summed E-state index contributed by atoms with van der Waals surface area (Å²) < 4.78 is 40.0. The molecule has 0 aromatic heterocycles. The second-order valence-electron chi connectivity index (χ2n) is 6.60. The molecule has 28 heavy (non-hydrogen) atoms. The van der Waals surface area contributed by atoms with Gasteiger partial charge in [0, 0.05) is 19.0 Å². The lowest BCUT2D eigenvalue weighted by molar-refractivity contribution is 0.158. The van der Waals surface area contributed by atoms with E-state index in [1.807, 2.05) is 26.0 Å². The van der Waals surface area contributed by atoms with E-state index < -0.39 is 10.0 Å². The minimum absolute atomic E-state index is 0.00232. The molecule has 0 saturated carbocycles. The van der Waals surface area contributed by atoms with Crippen molar-refractivity contribution in [2.75, 3.05) is 26.9 Å². The minimum atomic E-state index is -3.84. The number of rotatable bonds is 11. The Kier molecular flexibility index (Phi) is 8.35. The van der Waals surface area contributed by atoms with Crippen molar-refractivity contribution < 1.29 is 22.6 Å². The van der Waals surface area contributed by atoms with Gasteiger partial charge in [0.1, 0.15) is 23.0 Å². The zero-order valence-electron chi connectivity index (χ0n) is 16.7. The average Bonchev–Trinajstić information content (AvgIpc) is 2.66. The van der Waals surface area contributed by atoms with E-state index in [4.69, 9.17) is 19.3 Å². The van der Waals surface area contributed by atoms with Crippen LogP contribution in [0.2, 0.25) is 0 Å². The number of nitrogens with two attached hydrogens (primary N) is 1. The average molecular weight is 411 g/mol. The Balaban J connectivity index is 1.86. The van der Waals surface area contributed by atoms with Gasteiger partial charge in [-0.25, -0.2) is 13.6 Å². The van der Waals surface area contributed by atoms with Crippen LogP contribution in [-0.2, 0) is 25.9 Å². The highest BCUT2D eigenvalue weighted by atomic mass is 32.2. The van der Waals surface area contributed by atoms with Crippen molar-refractivity contribution in [3.63, 3.8) is 0 Å². The smallest absolute Gasteiger partial charge is 0.241 e. The molecule has 8 heteroatoms. The van der Waals surface area contributed by atoms with Crippen molar-refractivity contribution in [2.45, 2.75) is 44.0 Å². The van der Waals surface area contributed by atoms with Crippen LogP contribution in [0.5, 0.6) is 5.75 Å². The van der Waals surface area contributed by atoms with Gasteiger partial charge in [0.2, 0.25) is 10.0 Å². The molecule has 3 N–H and O–H groups in total. The van der Waals surface area contributed by atoms with E-state index >= 15 is 0 Å². The third-order valence-electron chi connectivity index (χ3n) is 4.33. The van der Waals surface area contributed by atoms with E-state index in [9.17, 15) is 8.42 Å². The van der Waals surface area contributed by atoms with E-state index in [1.54, 1.807) is 12.1 Å². The fraction of sp³-hybridized carbons (Fsp3) is 0.500. The molecule has 1 atom stereocenters. The summed E-state index contributed by atoms with van der Waals surface area (Å²) in [5, 5.41) is 8.65. The van der Waals surface area contributed by atoms with E-state index in [1.165, 1.54) is 7.11 Å². The quantitative estimate of drug-likeness (QED) is 0.544. The number of hydrogen-bond donors (Lipinski definition) is 2. The first-order valence-electron chi connectivity index (χ1n) is 9.43. The zero-order valence-corrected chi connectivity index (χ0v) is 17.6. The molecule has 2 rings (SSSR count). The van der Waals surface area contributed by atoms with Crippen molar-refractivity contribution in [1.29, 1.82) is 0 Å². The predicted octanol–water partition coefficient (Wildman–Crippen LogP) is 2.48. The van der Waals surface area contributed by atoms with Crippen LogP contribution in [-0.4, -0.2) is 41.3 Å². The van der Waals surface area contributed by atoms with Gasteiger partial charge < -0.3 is 19.5 Å². The molecule has 0 amide bonds. The topological polar surface area (TPSA) is 99.9 Å². The first-order valence-corrected chi connectivity index (χ1v) is 11.0. The Bertz CT molecular complexity index is 818. The molecule has 0 bridgehead atoms. The molecule has 0 radical (unpaired) electrons. The molecular formula is C20H30N2O5S. The number of ether oxygens (including phenoxy) is 3. The van der Waals surface area contributed by atoms with Gasteiger partial charge in [-0.05, 0) is 50.5 Å². The molecule has 0 unspecified atom stereocenters. The molecule has 0 heterocycles. The summed E-state index contributed by atoms with van der Waals surface area (Å²) in [5.41, 5.74) is 0.863. The molecule has 0 spiro atoms. The highest BCUT2D eigenvalue weighted by Crippen LogP contribution is 2.24. The Morgan fingerprint density at radius 2 is 2.07 bits per heavy atom. The van der Waals surface area contributed by atoms with Gasteiger partial charge in [0.05, 0.1) is 13.7 Å². The molecule has 1 aromatic rings. The monoisotopic (exact) mass is 410 g/mol. The van der Waals surface area contributed by atoms with Gasteiger partial charge in [-0.2, -0.15) is 0 Å². The Morgan fingerprint density at radius 3 is 2.75 bits per heavy atom. The summed E-state index contributed by atoms with van der Waals surface area (Å²) in [6.45, 7) is 5.81. The van der Waals surface area contributed by atoms with Gasteiger partial charge in [-0.1, -0.05) is 12.1 Å². The maximum Gasteiger partial charge on any atom is 0.241 e. The van der Waals surface area contributed by atoms with Crippen molar-refractivity contribution in [2.24, 2.45) is 5.14 Å². The number of nitrogens with one attached hydrogen (secondary N) is 1. The Hall–Kier alpha value is -2.03. The molecule has 0 aliphatic heterocycles. The van der Waals surface area contributed by atoms with Crippen LogP contribution < -0.4 is 15.2 Å². The SMILES string of the molecule is CCOC1=C(OCCN[C@H](C)Cc2ccc(OC)c(S(N)(=O)=O)c2)C=CCC1. The van der Waals surface area contributed by atoms with Crippen molar-refractivity contribution in [1.82, 2.24) is 5.32 Å². The predicted molar refractivity (Wildman–Crippen MR) is 109 cm³/mol. The normalized spacial score (nSPS) is 15.4. The number of hydrogen-bond acceptors (Lipinski definition) is 6. The highest BCUT2D eigenvalue weighted by Gasteiger charge is 2.16. The zero-order chi connectivity index (χ0) is 20.6. The van der Waals surface area contributed by atoms with Gasteiger partial charge in [-0.3, -0.25) is 0 Å². The number of primary sulfonamides is 1. The third kappa shape index (κ3) is 6.54. The summed E-state index contributed by atoms with van der Waals surface area (Å²) in [6, 6.07) is 5.16. The van der Waals surface area contributed by atoms with E-state index in [0.29, 0.717) is 26.2 Å². The summed E-state index contributed by atoms with van der Waals surface area (Å²) >= 11 is 0. The minimum Gasteiger partial charge on any atom is -0.495 e. The van der Waals surface area contributed by atoms with Gasteiger partial charge in [0.25, 0.3) is 0 Å². The summed E-state index contributed by atoms with van der Waals surface area (Å²) in [4.78, 5) is 0.00232. The van der Waals surface area contributed by atoms with Crippen LogP contribution in [0.15, 0.2) is 46.8 Å². The van der Waals surface area contributed by atoms with Gasteiger partial charge in [0.15, 0.2) is 5.76 Å². The molecule has 1 aromatic carbocycles. The largest absolute Gasteiger partial charge is 0.495 e. The van der Waals surface area contributed by atoms with E-state index in [2.05, 4.69) is 11.4 Å². The first-order chi connectivity index (χ1) is 13.3. The lowest BCUT2D eigenvalue weighted by Crippen LogP contribution is -2.31. The van der Waals surface area contributed by atoms with E-state index in [0.717, 1.165) is 29.9 Å². The fourth-order valence-electron chi connectivity index (χ4n) is 3.03. The highest BCUT2D eigenvalue weighted by molar-refractivity contribution is 7.89. The lowest BCUT2D eigenvalue weighted by Gasteiger charge is -2.18. The molecule has 0 fully saturated rings. The summed E-state index contributed by atoms with van der Waals surface area (Å²) in [5.74, 6) is 1.96. The fourth-order valence-corrected chi connectivity index (χ4v) is 3.78. The number of benzene rings is 1. The third-order valence-corrected chi connectivity index (χ3v) is 5.26. The molecule has 1 aliphatic carbocycles. The standard InChI is InChI=1S/C20H30N2O5S/c1-4-26-17-7-5-6-8-18(17)27-12-11-22-15(2)13-16-9-10-19(25-3)20(14-16)28(21,23)24/h6,8-10,14-15,22H,4-5,7,11-13H2,1-3H3,(H2,21,23,24)/t15-/m1/s1. The first kappa shape index (κ1) is 22.3. The van der Waals surface area contributed by atoms with Crippen molar-refractivity contribution in [3.8, 4) is 5.75 Å². The Morgan fingerprint density at radius 1 is 1.29 bits per heavy atom. The number of methoxy groups -OCH3 is 1. The molecular weight excluding hydrogens is 380 g/mol. The van der Waals surface area contributed by atoms with Crippen LogP contribution in [0, 0.1) is 0 Å². The second kappa shape index (κ2) is 10.5. The Labute approximate surface area is 167 Å². The van der Waals surface area contributed by atoms with Crippen molar-refractivity contribution >= 4 is 10.0 Å². The molecule has 0 saturated heterocycles. The molecule has 156 valence electrons. The lowest BCUT2D eigenvalue weighted by atomic mass is 10.1. The van der Waals surface area contributed by atoms with Crippen LogP contribution in [0.3, 0.4) is 0 Å². The van der Waals surface area contributed by atoms with Crippen LogP contribution >= 0.6 is 0 Å². The summed E-state index contributed by atoms with van der Waals surface area (Å²) in [7, 11) is -2.42. The van der Waals surface area contributed by atoms with E-state index in [-0.39, 0.29) is 16.7 Å². The van der Waals surface area contributed by atoms with Gasteiger partial charge >= 0.3 is 0 Å². The van der Waals surface area contributed by atoms with Crippen LogP contribution in [0.25, 0.3) is 0 Å². The maximum atomic E-state index is 11.7. The van der Waals surface area contributed by atoms with Crippen molar-refractivity contribution in [3.05, 3.63) is 47.4 Å². The summed E-state index contributed by atoms with van der Waals surface area (Å²) in [6.07, 6.45) is 6.54. The number of sulfonamides is 1. The van der Waals surface area contributed by atoms with Crippen LogP contribution in [0.1, 0.15) is 32.3 Å². The van der Waals surface area contributed by atoms with Gasteiger partial charge in [-0.15, -0.1) is 0 Å². The second-order valence-corrected chi connectivity index (χ2v) is 8.13. The molecule has 1 aliphatic rings.